The molecule has 0 saturated heterocycles. The molecule has 3 atom stereocenters. The maximum absolute atomic E-state index is 2.49. The Balaban J connectivity index is 0.00000289. The van der Waals surface area contributed by atoms with Crippen molar-refractivity contribution >= 4 is 0 Å². The van der Waals surface area contributed by atoms with Crippen molar-refractivity contribution in [2.24, 2.45) is 17.3 Å². The molecule has 2 heteroatoms. The van der Waals surface area contributed by atoms with Crippen molar-refractivity contribution in [1.29, 1.82) is 0 Å². The van der Waals surface area contributed by atoms with Crippen molar-refractivity contribution in [3.63, 3.8) is 0 Å². The van der Waals surface area contributed by atoms with E-state index < -0.39 is 0 Å². The summed E-state index contributed by atoms with van der Waals surface area (Å²) in [6, 6.07) is 0.778. The minimum Gasteiger partial charge on any atom is -1.00 e. The molecule has 0 spiro atoms. The summed E-state index contributed by atoms with van der Waals surface area (Å²) >= 11 is 0. The SMILES string of the molecule is CC1CCCC(C)(C)C1CCC(C)[N+](C)(C)C.[Br-]. The van der Waals surface area contributed by atoms with Crippen LogP contribution in [-0.2, 0) is 0 Å². The maximum atomic E-state index is 2.49. The Morgan fingerprint density at radius 3 is 2.22 bits per heavy atom. The van der Waals surface area contributed by atoms with E-state index in [9.17, 15) is 0 Å². The van der Waals surface area contributed by atoms with Crippen LogP contribution in [-0.4, -0.2) is 31.7 Å². The summed E-state index contributed by atoms with van der Waals surface area (Å²) in [5.41, 5.74) is 0.572. The number of hydrogen-bond donors (Lipinski definition) is 0. The average Bonchev–Trinajstić information content (AvgIpc) is 2.14. The zero-order valence-corrected chi connectivity index (χ0v) is 15.2. The molecule has 3 unspecified atom stereocenters. The third kappa shape index (κ3) is 4.85. The summed E-state index contributed by atoms with van der Waals surface area (Å²) in [7, 11) is 6.96. The Morgan fingerprint density at radius 1 is 1.22 bits per heavy atom. The van der Waals surface area contributed by atoms with Crippen LogP contribution in [0.1, 0.15) is 59.8 Å². The van der Waals surface area contributed by atoms with Crippen LogP contribution in [0.5, 0.6) is 0 Å². The van der Waals surface area contributed by atoms with Gasteiger partial charge in [0, 0.05) is 0 Å². The van der Waals surface area contributed by atoms with Crippen molar-refractivity contribution in [3.05, 3.63) is 0 Å². The first kappa shape index (κ1) is 18.4. The van der Waals surface area contributed by atoms with Crippen molar-refractivity contribution < 1.29 is 21.5 Å². The van der Waals surface area contributed by atoms with E-state index in [0.717, 1.165) is 22.4 Å². The first-order valence-corrected chi connectivity index (χ1v) is 7.45. The molecule has 0 aliphatic heterocycles. The zero-order valence-electron chi connectivity index (χ0n) is 13.6. The maximum Gasteiger partial charge on any atom is 0.0855 e. The lowest BCUT2D eigenvalue weighted by Gasteiger charge is -2.44. The van der Waals surface area contributed by atoms with Crippen molar-refractivity contribution in [2.45, 2.75) is 65.8 Å². The van der Waals surface area contributed by atoms with Gasteiger partial charge in [0.2, 0.25) is 0 Å². The molecule has 1 nitrogen and oxygen atoms in total. The van der Waals surface area contributed by atoms with E-state index in [0.29, 0.717) is 5.41 Å². The highest BCUT2D eigenvalue weighted by molar-refractivity contribution is 4.86. The first-order valence-electron chi connectivity index (χ1n) is 7.45. The lowest BCUT2D eigenvalue weighted by atomic mass is 9.62. The Bertz CT molecular complexity index is 242. The van der Waals surface area contributed by atoms with Crippen molar-refractivity contribution in [2.75, 3.05) is 21.1 Å². The molecule has 0 aromatic carbocycles. The van der Waals surface area contributed by atoms with Gasteiger partial charge in [-0.3, -0.25) is 0 Å². The second-order valence-electron chi connectivity index (χ2n) is 8.01. The van der Waals surface area contributed by atoms with Crippen LogP contribution in [0.3, 0.4) is 0 Å². The molecule has 0 amide bonds. The van der Waals surface area contributed by atoms with Gasteiger partial charge in [0.05, 0.1) is 27.2 Å². The summed E-state index contributed by atoms with van der Waals surface area (Å²) in [6.07, 6.45) is 7.12. The molecule has 1 rings (SSSR count). The first-order chi connectivity index (χ1) is 7.64. The van der Waals surface area contributed by atoms with E-state index in [1.54, 1.807) is 0 Å². The van der Waals surface area contributed by atoms with Crippen LogP contribution in [0.4, 0.5) is 0 Å². The average molecular weight is 320 g/mol. The second-order valence-corrected chi connectivity index (χ2v) is 8.01. The molecule has 0 aromatic heterocycles. The van der Waals surface area contributed by atoms with Gasteiger partial charge < -0.3 is 21.5 Å². The Labute approximate surface area is 126 Å². The fraction of sp³-hybridized carbons (Fsp3) is 1.00. The molecule has 1 fully saturated rings. The molecule has 1 aliphatic carbocycles. The van der Waals surface area contributed by atoms with Gasteiger partial charge in [-0.2, -0.15) is 0 Å². The number of nitrogens with zero attached hydrogens (tertiary/aromatic N) is 1. The Hall–Kier alpha value is 0.440. The van der Waals surface area contributed by atoms with E-state index in [1.165, 1.54) is 32.1 Å². The summed E-state index contributed by atoms with van der Waals surface area (Å²) in [5, 5.41) is 0. The lowest BCUT2D eigenvalue weighted by molar-refractivity contribution is -0.894. The molecule has 0 aromatic rings. The van der Waals surface area contributed by atoms with Crippen LogP contribution in [0.15, 0.2) is 0 Å². The number of halogens is 1. The molecule has 0 N–H and O–H groups in total. The van der Waals surface area contributed by atoms with Gasteiger partial charge in [-0.05, 0) is 43.4 Å². The van der Waals surface area contributed by atoms with E-state index in [4.69, 9.17) is 0 Å². The van der Waals surface area contributed by atoms with Crippen LogP contribution in [0.2, 0.25) is 0 Å². The molecule has 18 heavy (non-hydrogen) atoms. The monoisotopic (exact) mass is 319 g/mol. The third-order valence-corrected chi connectivity index (χ3v) is 5.39. The summed E-state index contributed by atoms with van der Waals surface area (Å²) in [6.45, 7) is 9.86. The van der Waals surface area contributed by atoms with Gasteiger partial charge in [0.1, 0.15) is 0 Å². The van der Waals surface area contributed by atoms with Gasteiger partial charge in [-0.25, -0.2) is 0 Å². The molecule has 110 valence electrons. The predicted molar refractivity (Wildman–Crippen MR) is 77.0 cm³/mol. The minimum atomic E-state index is 0. The zero-order chi connectivity index (χ0) is 13.3. The highest BCUT2D eigenvalue weighted by atomic mass is 79.9. The van der Waals surface area contributed by atoms with Crippen LogP contribution < -0.4 is 17.0 Å². The van der Waals surface area contributed by atoms with Crippen LogP contribution in [0, 0.1) is 17.3 Å². The highest BCUT2D eigenvalue weighted by Gasteiger charge is 2.37. The minimum absolute atomic E-state index is 0. The standard InChI is InChI=1S/C16H34N.BrH/c1-13-9-8-12-16(3,4)15(13)11-10-14(2)17(5,6)7;/h13-15H,8-12H2,1-7H3;1H/q+1;/p-1. The molecule has 1 aliphatic rings. The molecule has 0 bridgehead atoms. The van der Waals surface area contributed by atoms with Crippen LogP contribution in [0.25, 0.3) is 0 Å². The second kappa shape index (κ2) is 6.74. The number of hydrogen-bond acceptors (Lipinski definition) is 0. The highest BCUT2D eigenvalue weighted by Crippen LogP contribution is 2.46. The van der Waals surface area contributed by atoms with Gasteiger partial charge >= 0.3 is 0 Å². The van der Waals surface area contributed by atoms with Gasteiger partial charge in [0.25, 0.3) is 0 Å². The van der Waals surface area contributed by atoms with Crippen molar-refractivity contribution in [3.8, 4) is 0 Å². The largest absolute Gasteiger partial charge is 1.00 e. The normalized spacial score (nSPS) is 29.5. The van der Waals surface area contributed by atoms with Gasteiger partial charge in [-0.1, -0.05) is 33.6 Å². The Kier molecular flexibility index (Phi) is 6.91. The lowest BCUT2D eigenvalue weighted by Crippen LogP contribution is -3.00. The summed E-state index contributed by atoms with van der Waals surface area (Å²) in [4.78, 5) is 0. The smallest absolute Gasteiger partial charge is 0.0855 e. The van der Waals surface area contributed by atoms with Gasteiger partial charge in [-0.15, -0.1) is 0 Å². The molecular weight excluding hydrogens is 286 g/mol. The van der Waals surface area contributed by atoms with Crippen molar-refractivity contribution in [1.82, 2.24) is 0 Å². The quantitative estimate of drug-likeness (QED) is 0.686. The van der Waals surface area contributed by atoms with E-state index >= 15 is 0 Å². The molecule has 0 radical (unpaired) electrons. The third-order valence-electron chi connectivity index (χ3n) is 5.39. The molecule has 0 heterocycles. The predicted octanol–water partition coefficient (Wildman–Crippen LogP) is 1.33. The number of quaternary nitrogens is 1. The number of rotatable bonds is 4. The Morgan fingerprint density at radius 2 is 1.78 bits per heavy atom. The summed E-state index contributed by atoms with van der Waals surface area (Å²) < 4.78 is 1.10. The van der Waals surface area contributed by atoms with Gasteiger partial charge in [0.15, 0.2) is 0 Å². The molecular formula is C16H34BrN. The van der Waals surface area contributed by atoms with E-state index in [1.807, 2.05) is 0 Å². The fourth-order valence-corrected chi connectivity index (χ4v) is 3.52. The molecule has 1 saturated carbocycles. The topological polar surface area (TPSA) is 0 Å². The van der Waals surface area contributed by atoms with E-state index in [2.05, 4.69) is 48.8 Å². The summed E-state index contributed by atoms with van der Waals surface area (Å²) in [5.74, 6) is 1.86. The van der Waals surface area contributed by atoms with E-state index in [-0.39, 0.29) is 17.0 Å². The fourth-order valence-electron chi connectivity index (χ4n) is 3.52. The van der Waals surface area contributed by atoms with Crippen LogP contribution >= 0.6 is 0 Å².